The van der Waals surface area contributed by atoms with Gasteiger partial charge in [0.05, 0.1) is 6.54 Å². The molecule has 1 aromatic heterocycles. The minimum absolute atomic E-state index is 0.353. The summed E-state index contributed by atoms with van der Waals surface area (Å²) < 4.78 is 13.5. The third kappa shape index (κ3) is 8.30. The van der Waals surface area contributed by atoms with E-state index >= 15 is 0 Å². The van der Waals surface area contributed by atoms with Crippen LogP contribution < -0.4 is 0 Å². The van der Waals surface area contributed by atoms with E-state index in [9.17, 15) is 4.79 Å². The Morgan fingerprint density at radius 1 is 1.38 bits per heavy atom. The Morgan fingerprint density at radius 2 is 2.00 bits per heavy atom. The molecular formula is C16H30BrN3O3Si. The molecule has 1 aromatic rings. The Kier molecular flexibility index (Phi) is 7.49. The van der Waals surface area contributed by atoms with Crippen LogP contribution in [0.25, 0.3) is 0 Å². The molecule has 1 amide bonds. The van der Waals surface area contributed by atoms with Gasteiger partial charge in [-0.2, -0.15) is 5.10 Å². The maximum Gasteiger partial charge on any atom is 0.410 e. The fraction of sp³-hybridized carbons (Fsp3) is 0.750. The highest BCUT2D eigenvalue weighted by Gasteiger charge is 2.21. The number of nitrogens with zero attached hydrogens (tertiary/aromatic N) is 3. The van der Waals surface area contributed by atoms with Gasteiger partial charge in [0.25, 0.3) is 0 Å². The molecule has 8 heteroatoms. The number of hydrogen-bond donors (Lipinski definition) is 0. The molecule has 0 bridgehead atoms. The van der Waals surface area contributed by atoms with Gasteiger partial charge in [-0.25, -0.2) is 9.48 Å². The summed E-state index contributed by atoms with van der Waals surface area (Å²) in [6.07, 6.45) is 1.54. The van der Waals surface area contributed by atoms with Gasteiger partial charge in [-0.3, -0.25) is 0 Å². The molecule has 0 fully saturated rings. The first-order valence-corrected chi connectivity index (χ1v) is 12.6. The Hall–Kier alpha value is -0.863. The number of carbonyl (C=O) groups is 1. The highest BCUT2D eigenvalue weighted by Crippen LogP contribution is 2.18. The third-order valence-corrected chi connectivity index (χ3v) is 5.49. The smallest absolute Gasteiger partial charge is 0.410 e. The van der Waals surface area contributed by atoms with Crippen molar-refractivity contribution >= 4 is 30.1 Å². The summed E-state index contributed by atoms with van der Waals surface area (Å²) in [7, 11) is 0.633. The predicted octanol–water partition coefficient (Wildman–Crippen LogP) is 4.32. The number of halogens is 1. The van der Waals surface area contributed by atoms with Crippen LogP contribution in [-0.2, 0) is 22.7 Å². The van der Waals surface area contributed by atoms with E-state index in [0.29, 0.717) is 17.9 Å². The van der Waals surface area contributed by atoms with Crippen molar-refractivity contribution in [1.29, 1.82) is 0 Å². The SMILES string of the molecule is CN(Cc1cn(COCC[Si](C)(C)C)nc1Br)C(=O)OC(C)(C)C. The Balaban J connectivity index is 2.53. The Labute approximate surface area is 154 Å². The lowest BCUT2D eigenvalue weighted by Crippen LogP contribution is -2.33. The number of rotatable bonds is 7. The van der Waals surface area contributed by atoms with Crippen molar-refractivity contribution in [3.05, 3.63) is 16.4 Å². The minimum atomic E-state index is -1.08. The van der Waals surface area contributed by atoms with Crippen molar-refractivity contribution in [1.82, 2.24) is 14.7 Å². The molecule has 0 saturated heterocycles. The molecule has 24 heavy (non-hydrogen) atoms. The third-order valence-electron chi connectivity index (χ3n) is 3.12. The maximum absolute atomic E-state index is 12.0. The molecule has 0 aromatic carbocycles. The zero-order valence-electron chi connectivity index (χ0n) is 15.9. The molecule has 0 unspecified atom stereocenters. The van der Waals surface area contributed by atoms with Crippen LogP contribution in [0, 0.1) is 0 Å². The van der Waals surface area contributed by atoms with E-state index < -0.39 is 13.7 Å². The zero-order valence-corrected chi connectivity index (χ0v) is 18.4. The molecule has 0 aliphatic rings. The molecule has 138 valence electrons. The van der Waals surface area contributed by atoms with Crippen LogP contribution in [0.5, 0.6) is 0 Å². The molecule has 0 atom stereocenters. The fourth-order valence-corrected chi connectivity index (χ4v) is 3.00. The van der Waals surface area contributed by atoms with Gasteiger partial charge in [0.15, 0.2) is 0 Å². The van der Waals surface area contributed by atoms with E-state index in [1.165, 1.54) is 4.90 Å². The molecule has 1 rings (SSSR count). The van der Waals surface area contributed by atoms with E-state index in [4.69, 9.17) is 9.47 Å². The molecule has 6 nitrogen and oxygen atoms in total. The highest BCUT2D eigenvalue weighted by molar-refractivity contribution is 9.10. The van der Waals surface area contributed by atoms with E-state index in [-0.39, 0.29) is 6.09 Å². The summed E-state index contributed by atoms with van der Waals surface area (Å²) >= 11 is 3.44. The van der Waals surface area contributed by atoms with Gasteiger partial charge in [0.1, 0.15) is 16.9 Å². The first kappa shape index (κ1) is 21.2. The molecule has 0 saturated carbocycles. The van der Waals surface area contributed by atoms with Gasteiger partial charge in [-0.15, -0.1) is 0 Å². The second-order valence-electron chi connectivity index (χ2n) is 8.17. The molecule has 0 spiro atoms. The summed E-state index contributed by atoms with van der Waals surface area (Å²) in [5, 5.41) is 4.37. The Bertz CT molecular complexity index is 550. The fourth-order valence-electron chi connectivity index (χ4n) is 1.81. The monoisotopic (exact) mass is 419 g/mol. The van der Waals surface area contributed by atoms with Crippen LogP contribution in [0.3, 0.4) is 0 Å². The molecule has 0 aliphatic heterocycles. The van der Waals surface area contributed by atoms with Crippen LogP contribution in [0.15, 0.2) is 10.8 Å². The van der Waals surface area contributed by atoms with Crippen LogP contribution in [0.2, 0.25) is 25.7 Å². The molecule has 0 N–H and O–H groups in total. The second-order valence-corrected chi connectivity index (χ2v) is 14.5. The van der Waals surface area contributed by atoms with Crippen molar-refractivity contribution < 1.29 is 14.3 Å². The summed E-state index contributed by atoms with van der Waals surface area (Å²) in [6.45, 7) is 14.1. The molecule has 0 aliphatic carbocycles. The first-order valence-electron chi connectivity index (χ1n) is 8.11. The quantitative estimate of drug-likeness (QED) is 0.487. The average Bonchev–Trinajstić information content (AvgIpc) is 2.72. The topological polar surface area (TPSA) is 56.6 Å². The van der Waals surface area contributed by atoms with Crippen molar-refractivity contribution in [3.63, 3.8) is 0 Å². The second kappa shape index (κ2) is 8.49. The first-order chi connectivity index (χ1) is 10.9. The summed E-state index contributed by atoms with van der Waals surface area (Å²) in [5.41, 5.74) is 0.411. The van der Waals surface area contributed by atoms with Crippen molar-refractivity contribution in [2.24, 2.45) is 0 Å². The largest absolute Gasteiger partial charge is 0.444 e. The van der Waals surface area contributed by atoms with Gasteiger partial charge in [0, 0.05) is 33.5 Å². The summed E-state index contributed by atoms with van der Waals surface area (Å²) in [5.74, 6) is 0. The minimum Gasteiger partial charge on any atom is -0.444 e. The molecule has 1 heterocycles. The lowest BCUT2D eigenvalue weighted by atomic mass is 10.2. The van der Waals surface area contributed by atoms with Crippen LogP contribution in [0.4, 0.5) is 4.79 Å². The van der Waals surface area contributed by atoms with Crippen LogP contribution >= 0.6 is 15.9 Å². The van der Waals surface area contributed by atoms with Gasteiger partial charge >= 0.3 is 6.09 Å². The average molecular weight is 420 g/mol. The van der Waals surface area contributed by atoms with E-state index in [1.807, 2.05) is 27.0 Å². The van der Waals surface area contributed by atoms with Gasteiger partial charge in [-0.05, 0) is 42.7 Å². The number of amides is 1. The van der Waals surface area contributed by atoms with Crippen molar-refractivity contribution in [2.75, 3.05) is 13.7 Å². The van der Waals surface area contributed by atoms with Gasteiger partial charge in [-0.1, -0.05) is 19.6 Å². The Morgan fingerprint density at radius 3 is 2.54 bits per heavy atom. The van der Waals surface area contributed by atoms with E-state index in [0.717, 1.165) is 18.2 Å². The van der Waals surface area contributed by atoms with Crippen LogP contribution in [0.1, 0.15) is 26.3 Å². The van der Waals surface area contributed by atoms with Crippen molar-refractivity contribution in [2.45, 2.75) is 65.3 Å². The summed E-state index contributed by atoms with van der Waals surface area (Å²) in [6, 6.07) is 1.13. The lowest BCUT2D eigenvalue weighted by molar-refractivity contribution is 0.0284. The molecule has 0 radical (unpaired) electrons. The zero-order chi connectivity index (χ0) is 18.5. The number of carbonyl (C=O) groups excluding carboxylic acids is 1. The summed E-state index contributed by atoms with van der Waals surface area (Å²) in [4.78, 5) is 13.6. The number of hydrogen-bond acceptors (Lipinski definition) is 4. The standard InChI is InChI=1S/C16H30BrN3O3Si/c1-16(2,3)23-15(21)19(4)10-13-11-20(18-14(13)17)12-22-8-9-24(5,6)7/h11H,8-10,12H2,1-7H3. The lowest BCUT2D eigenvalue weighted by Gasteiger charge is -2.24. The van der Waals surface area contributed by atoms with E-state index in [1.54, 1.807) is 11.7 Å². The van der Waals surface area contributed by atoms with E-state index in [2.05, 4.69) is 40.7 Å². The van der Waals surface area contributed by atoms with Gasteiger partial charge < -0.3 is 14.4 Å². The number of aromatic nitrogens is 2. The maximum atomic E-state index is 12.0. The highest BCUT2D eigenvalue weighted by atomic mass is 79.9. The van der Waals surface area contributed by atoms with Crippen LogP contribution in [-0.4, -0.2) is 48.1 Å². The normalized spacial score (nSPS) is 12.3. The van der Waals surface area contributed by atoms with Crippen molar-refractivity contribution in [3.8, 4) is 0 Å². The number of ether oxygens (including phenoxy) is 2. The van der Waals surface area contributed by atoms with Gasteiger partial charge in [0.2, 0.25) is 0 Å². The predicted molar refractivity (Wildman–Crippen MR) is 102 cm³/mol. The molecular weight excluding hydrogens is 390 g/mol.